The van der Waals surface area contributed by atoms with Crippen molar-refractivity contribution in [3.8, 4) is 0 Å². The van der Waals surface area contributed by atoms with Crippen LogP contribution in [-0.2, 0) is 9.53 Å². The van der Waals surface area contributed by atoms with Crippen molar-refractivity contribution in [1.82, 2.24) is 0 Å². The minimum Gasteiger partial charge on any atom is -0.458 e. The molecule has 0 heterocycles. The average molecular weight is 313 g/mol. The Morgan fingerprint density at radius 3 is 2.00 bits per heavy atom. The number of hydrogen-bond acceptors (Lipinski definition) is 4. The molecule has 0 saturated carbocycles. The largest absolute Gasteiger partial charge is 0.458 e. The lowest BCUT2D eigenvalue weighted by atomic mass is 10.2. The van der Waals surface area contributed by atoms with Crippen LogP contribution in [0.2, 0.25) is 10.1 Å². The molecule has 0 aliphatic carbocycles. The van der Waals surface area contributed by atoms with E-state index in [1.54, 1.807) is 6.92 Å². The fraction of sp³-hybridized carbons (Fsp3) is 0.769. The topological polar surface area (TPSA) is 75.1 Å². The van der Waals surface area contributed by atoms with Crippen molar-refractivity contribution >= 4 is 36.9 Å². The van der Waals surface area contributed by atoms with Gasteiger partial charge in [-0.15, -0.1) is 0 Å². The molecular weight excluding hydrogens is 290 g/mol. The quantitative estimate of drug-likeness (QED) is 0.199. The summed E-state index contributed by atoms with van der Waals surface area (Å²) in [5.74, 6) is -0.638. The number of esters is 1. The van der Waals surface area contributed by atoms with E-state index in [0.29, 0.717) is 0 Å². The lowest BCUT2D eigenvalue weighted by molar-refractivity contribution is -0.139. The lowest BCUT2D eigenvalue weighted by Gasteiger charge is -2.42. The Bertz CT molecular complexity index is 465. The predicted molar refractivity (Wildman–Crippen MR) is 85.5 cm³/mol. The van der Waals surface area contributed by atoms with E-state index < -0.39 is 24.3 Å². The van der Waals surface area contributed by atoms with E-state index >= 15 is 0 Å². The van der Waals surface area contributed by atoms with E-state index in [1.807, 2.05) is 41.5 Å². The third-order valence-corrected chi connectivity index (χ3v) is 9.33. The lowest BCUT2D eigenvalue weighted by Crippen LogP contribution is -2.60. The van der Waals surface area contributed by atoms with Gasteiger partial charge in [-0.25, -0.2) is 4.79 Å². The Morgan fingerprint density at radius 2 is 1.75 bits per heavy atom. The molecule has 0 spiro atoms. The maximum atomic E-state index is 12.2. The van der Waals surface area contributed by atoms with Crippen LogP contribution in [0.4, 0.5) is 0 Å². The molecule has 0 aromatic carbocycles. The first kappa shape index (κ1) is 18.9. The van der Waals surface area contributed by atoms with Gasteiger partial charge in [0, 0.05) is 5.16 Å². The Hall–Kier alpha value is -1.13. The second-order valence-electron chi connectivity index (χ2n) is 6.58. The Balaban J connectivity index is 6.48. The monoisotopic (exact) mass is 313 g/mol. The summed E-state index contributed by atoms with van der Waals surface area (Å²) < 4.78 is 9.41. The van der Waals surface area contributed by atoms with Crippen molar-refractivity contribution in [3.63, 3.8) is 0 Å². The predicted octanol–water partition coefficient (Wildman–Crippen LogP) is 3.41. The molecule has 7 heteroatoms. The minimum atomic E-state index is -2.99. The molecule has 112 valence electrons. The molecule has 0 N–H and O–H groups in total. The summed E-state index contributed by atoms with van der Waals surface area (Å²) in [6.07, 6.45) is 0. The van der Waals surface area contributed by atoms with Crippen LogP contribution in [0.3, 0.4) is 0 Å². The van der Waals surface area contributed by atoms with E-state index in [0.717, 1.165) is 0 Å². The first-order valence-corrected chi connectivity index (χ1v) is 8.83. The zero-order chi connectivity index (χ0) is 16.2. The van der Waals surface area contributed by atoms with Gasteiger partial charge < -0.3 is 10.3 Å². The minimum absolute atomic E-state index is 0.0169. The summed E-state index contributed by atoms with van der Waals surface area (Å²) in [4.78, 5) is 15.4. The van der Waals surface area contributed by atoms with Gasteiger partial charge >= 0.3 is 19.5 Å². The highest BCUT2D eigenvalue weighted by molar-refractivity contribution is 7.78. The van der Waals surface area contributed by atoms with Gasteiger partial charge in [-0.3, -0.25) is 4.66 Å². The molecule has 0 radical (unpaired) electrons. The maximum Gasteiger partial charge on any atom is 0.412 e. The third kappa shape index (κ3) is 3.30. The van der Waals surface area contributed by atoms with Gasteiger partial charge in [-0.1, -0.05) is 41.5 Å². The van der Waals surface area contributed by atoms with Crippen LogP contribution in [0.25, 0.3) is 5.53 Å². The third-order valence-electron chi connectivity index (χ3n) is 3.30. The van der Waals surface area contributed by atoms with Crippen molar-refractivity contribution < 1.29 is 14.3 Å². The van der Waals surface area contributed by atoms with Crippen molar-refractivity contribution in [1.29, 1.82) is 0 Å². The van der Waals surface area contributed by atoms with Crippen LogP contribution in [-0.4, -0.2) is 36.1 Å². The molecule has 0 fully saturated rings. The van der Waals surface area contributed by atoms with E-state index in [-0.39, 0.29) is 11.9 Å². The smallest absolute Gasteiger partial charge is 0.412 e. The van der Waals surface area contributed by atoms with Gasteiger partial charge in [0.25, 0.3) is 0 Å². The SMILES string of the molecule is CCOC(=O)C(=[N+]=[N-])[Si](N=C=S)(C(C)(C)C)C(C)(C)C. The molecule has 0 atom stereocenters. The van der Waals surface area contributed by atoms with Crippen LogP contribution >= 0.6 is 12.2 Å². The average Bonchev–Trinajstić information content (AvgIpc) is 2.25. The summed E-state index contributed by atoms with van der Waals surface area (Å²) >= 11 is 4.79. The maximum absolute atomic E-state index is 12.2. The van der Waals surface area contributed by atoms with Crippen LogP contribution < -0.4 is 0 Å². The molecule has 0 aromatic rings. The molecule has 0 rings (SSSR count). The van der Waals surface area contributed by atoms with Crippen molar-refractivity contribution in [3.05, 3.63) is 5.53 Å². The molecule has 5 nitrogen and oxygen atoms in total. The van der Waals surface area contributed by atoms with Crippen LogP contribution in [0.5, 0.6) is 0 Å². The Morgan fingerprint density at radius 1 is 1.30 bits per heavy atom. The van der Waals surface area contributed by atoms with Gasteiger partial charge in [-0.05, 0) is 29.2 Å². The van der Waals surface area contributed by atoms with Crippen molar-refractivity contribution in [2.45, 2.75) is 58.5 Å². The summed E-state index contributed by atoms with van der Waals surface area (Å²) in [6.45, 7) is 13.7. The molecule has 20 heavy (non-hydrogen) atoms. The Kier molecular flexibility index (Phi) is 6.17. The zero-order valence-corrected chi connectivity index (χ0v) is 15.1. The molecule has 0 aliphatic heterocycles. The number of carbonyl (C=O) groups excluding carboxylic acids is 1. The highest BCUT2D eigenvalue weighted by Crippen LogP contribution is 2.52. The van der Waals surface area contributed by atoms with Gasteiger partial charge in [0.05, 0.1) is 6.61 Å². The fourth-order valence-electron chi connectivity index (χ4n) is 2.75. The van der Waals surface area contributed by atoms with Crippen LogP contribution in [0, 0.1) is 0 Å². The number of hydrogen-bond donors (Lipinski definition) is 0. The number of nitrogens with zero attached hydrogens (tertiary/aromatic N) is 3. The summed E-state index contributed by atoms with van der Waals surface area (Å²) in [5, 5.41) is 1.59. The van der Waals surface area contributed by atoms with E-state index in [4.69, 9.17) is 17.0 Å². The molecule has 0 aliphatic rings. The van der Waals surface area contributed by atoms with Gasteiger partial charge in [0.15, 0.2) is 0 Å². The van der Waals surface area contributed by atoms with Gasteiger partial charge in [0.1, 0.15) is 0 Å². The van der Waals surface area contributed by atoms with Crippen LogP contribution in [0.1, 0.15) is 48.5 Å². The number of thiocarbonyl (C=S) groups is 1. The summed E-state index contributed by atoms with van der Waals surface area (Å²) in [6, 6.07) is 0. The van der Waals surface area contributed by atoms with Gasteiger partial charge in [-0.2, -0.15) is 4.79 Å². The van der Waals surface area contributed by atoms with Crippen molar-refractivity contribution in [2.75, 3.05) is 6.61 Å². The summed E-state index contributed by atoms with van der Waals surface area (Å²) in [7, 11) is -2.99. The molecule has 0 unspecified atom stereocenters. The number of rotatable bonds is 4. The van der Waals surface area contributed by atoms with Crippen molar-refractivity contribution in [2.24, 2.45) is 4.66 Å². The molecular formula is C13H23N3O2SSi. The van der Waals surface area contributed by atoms with Gasteiger partial charge in [0.2, 0.25) is 0 Å². The number of carbonyl (C=O) groups is 1. The second kappa shape index (κ2) is 6.55. The standard InChI is InChI=1S/C13H23N3O2SSi/c1-8-18-11(17)10(16-14)20(15-9-19,12(2,3)4)13(5,6)7/h8H2,1-7H3. The first-order chi connectivity index (χ1) is 8.99. The molecule has 0 saturated heterocycles. The fourth-order valence-corrected chi connectivity index (χ4v) is 8.26. The van der Waals surface area contributed by atoms with E-state index in [9.17, 15) is 10.3 Å². The summed E-state index contributed by atoms with van der Waals surface area (Å²) in [5.41, 5.74) is 9.41. The highest BCUT2D eigenvalue weighted by atomic mass is 32.1. The molecule has 0 bridgehead atoms. The van der Waals surface area contributed by atoms with Crippen LogP contribution in [0.15, 0.2) is 4.66 Å². The number of ether oxygens (including phenoxy) is 1. The first-order valence-electron chi connectivity index (χ1n) is 6.48. The molecule has 0 aromatic heterocycles. The highest BCUT2D eigenvalue weighted by Gasteiger charge is 2.66. The van der Waals surface area contributed by atoms with E-state index in [2.05, 4.69) is 14.6 Å². The second-order valence-corrected chi connectivity index (χ2v) is 11.9. The number of isothiocyanates is 1. The normalized spacial score (nSPS) is 12.2. The van der Waals surface area contributed by atoms with E-state index in [1.165, 1.54) is 0 Å². The zero-order valence-electron chi connectivity index (χ0n) is 13.3. The molecule has 0 amide bonds. The Labute approximate surface area is 127 Å².